The maximum Gasteiger partial charge on any atom is 0.472 e. The number of phosphoric ester groups is 1. The van der Waals surface area contributed by atoms with Crippen molar-refractivity contribution in [3.63, 3.8) is 0 Å². The Morgan fingerprint density at radius 3 is 1.13 bits per heavy atom. The Labute approximate surface area is 407 Å². The average Bonchev–Trinajstić information content (AvgIpc) is 3.31. The van der Waals surface area contributed by atoms with Gasteiger partial charge >= 0.3 is 19.8 Å². The summed E-state index contributed by atoms with van der Waals surface area (Å²) in [5, 5.41) is 50.3. The van der Waals surface area contributed by atoms with Crippen molar-refractivity contribution in [3.8, 4) is 0 Å². The summed E-state index contributed by atoms with van der Waals surface area (Å²) >= 11 is 0. The fourth-order valence-electron chi connectivity index (χ4n) is 8.70. The van der Waals surface area contributed by atoms with E-state index in [9.17, 15) is 44.6 Å². The zero-order chi connectivity index (χ0) is 49.2. The summed E-state index contributed by atoms with van der Waals surface area (Å²) in [6, 6.07) is 0. The lowest BCUT2D eigenvalue weighted by molar-refractivity contribution is -0.220. The minimum Gasteiger partial charge on any atom is -0.462 e. The number of aliphatic hydroxyl groups is 5. The third-order valence-corrected chi connectivity index (χ3v) is 14.1. The zero-order valence-corrected chi connectivity index (χ0v) is 43.4. The second kappa shape index (κ2) is 43.4. The highest BCUT2D eigenvalue weighted by molar-refractivity contribution is 7.47. The molecule has 0 spiro atoms. The highest BCUT2D eigenvalue weighted by atomic mass is 31.2. The molecule has 13 nitrogen and oxygen atoms in total. The van der Waals surface area contributed by atoms with Gasteiger partial charge in [0.1, 0.15) is 43.2 Å². The SMILES string of the molecule is CCCCCCC/C=C\CCCCCCCC(=O)OC(COC(=O)CCCCCCCCCCCCCCCCCCCCCCCCCC)COP(=O)(O)OC1C(O)C(O)C(O)C(O)C1O. The molecule has 0 amide bonds. The summed E-state index contributed by atoms with van der Waals surface area (Å²) in [6.45, 7) is 3.33. The average molecular weight is 977 g/mol. The molecule has 0 aromatic rings. The summed E-state index contributed by atoms with van der Waals surface area (Å²) in [6.07, 6.45) is 35.6. The van der Waals surface area contributed by atoms with Crippen molar-refractivity contribution in [1.29, 1.82) is 0 Å². The maximum absolute atomic E-state index is 12.9. The number of carbonyl (C=O) groups excluding carboxylic acids is 2. The van der Waals surface area contributed by atoms with Crippen molar-refractivity contribution in [2.45, 2.75) is 301 Å². The lowest BCUT2D eigenvalue weighted by Crippen LogP contribution is -2.64. The van der Waals surface area contributed by atoms with Gasteiger partial charge in [0.2, 0.25) is 0 Å². The molecular weight excluding hydrogens is 876 g/mol. The summed E-state index contributed by atoms with van der Waals surface area (Å²) in [4.78, 5) is 35.8. The number of aliphatic hydroxyl groups excluding tert-OH is 5. The standard InChI is InChI=1S/C53H101O13P/c1-3-5-7-9-11-13-15-17-19-20-21-22-23-24-25-26-27-28-30-31-33-35-37-39-41-46(54)63-43-45(44-64-67(61,62)66-53-51(59)49(57)48(56)50(58)52(53)60)65-47(55)42-40-38-36-34-32-29-18-16-14-12-10-8-6-4-2/h16,18,45,48-53,56-60H,3-15,17,19-44H2,1-2H3,(H,61,62)/b18-16-. The molecule has 1 fully saturated rings. The van der Waals surface area contributed by atoms with Gasteiger partial charge in [-0.05, 0) is 38.5 Å². The van der Waals surface area contributed by atoms with Crippen LogP contribution in [0.2, 0.25) is 0 Å². The molecule has 1 aliphatic carbocycles. The molecule has 67 heavy (non-hydrogen) atoms. The smallest absolute Gasteiger partial charge is 0.462 e. The predicted molar refractivity (Wildman–Crippen MR) is 267 cm³/mol. The van der Waals surface area contributed by atoms with Crippen LogP contribution >= 0.6 is 7.82 Å². The van der Waals surface area contributed by atoms with Gasteiger partial charge in [-0.3, -0.25) is 18.6 Å². The van der Waals surface area contributed by atoms with E-state index in [1.54, 1.807) is 0 Å². The van der Waals surface area contributed by atoms with E-state index in [4.69, 9.17) is 18.5 Å². The molecule has 14 heteroatoms. The van der Waals surface area contributed by atoms with Gasteiger partial charge in [-0.25, -0.2) is 4.57 Å². The summed E-state index contributed by atoms with van der Waals surface area (Å²) < 4.78 is 33.7. The number of esters is 2. The Kier molecular flexibility index (Phi) is 41.2. The van der Waals surface area contributed by atoms with Gasteiger partial charge in [0.05, 0.1) is 6.61 Å². The molecule has 0 radical (unpaired) electrons. The number of hydrogen-bond donors (Lipinski definition) is 6. The second-order valence-electron chi connectivity index (χ2n) is 19.4. The Morgan fingerprint density at radius 2 is 0.761 bits per heavy atom. The molecule has 1 saturated carbocycles. The Hall–Kier alpha value is -1.41. The Balaban J connectivity index is 2.31. The minimum absolute atomic E-state index is 0.0910. The normalized spacial score (nSPS) is 21.1. The molecule has 396 valence electrons. The fourth-order valence-corrected chi connectivity index (χ4v) is 9.67. The molecule has 0 heterocycles. The number of hydrogen-bond acceptors (Lipinski definition) is 12. The first kappa shape index (κ1) is 63.6. The van der Waals surface area contributed by atoms with E-state index >= 15 is 0 Å². The maximum atomic E-state index is 12.9. The summed E-state index contributed by atoms with van der Waals surface area (Å²) in [7, 11) is -5.12. The first-order chi connectivity index (χ1) is 32.4. The largest absolute Gasteiger partial charge is 0.472 e. The fraction of sp³-hybridized carbons (Fsp3) is 0.925. The lowest BCUT2D eigenvalue weighted by Gasteiger charge is -2.41. The minimum atomic E-state index is -5.12. The highest BCUT2D eigenvalue weighted by Gasteiger charge is 2.51. The molecule has 6 unspecified atom stereocenters. The van der Waals surface area contributed by atoms with Gasteiger partial charge in [-0.2, -0.15) is 0 Å². The Bertz CT molecular complexity index is 1220. The molecule has 0 bridgehead atoms. The quantitative estimate of drug-likeness (QED) is 0.0145. The monoisotopic (exact) mass is 977 g/mol. The highest BCUT2D eigenvalue weighted by Crippen LogP contribution is 2.47. The number of carbonyl (C=O) groups is 2. The molecule has 0 saturated heterocycles. The predicted octanol–water partition coefficient (Wildman–Crippen LogP) is 12.2. The van der Waals surface area contributed by atoms with Crippen molar-refractivity contribution in [2.24, 2.45) is 0 Å². The summed E-state index contributed by atoms with van der Waals surface area (Å²) in [5.74, 6) is -1.09. The van der Waals surface area contributed by atoms with Gasteiger partial charge in [-0.15, -0.1) is 0 Å². The van der Waals surface area contributed by atoms with E-state index < -0.39 is 75.7 Å². The molecule has 0 aliphatic heterocycles. The van der Waals surface area contributed by atoms with E-state index in [1.807, 2.05) is 0 Å². The van der Waals surface area contributed by atoms with E-state index in [-0.39, 0.29) is 12.8 Å². The van der Waals surface area contributed by atoms with E-state index in [2.05, 4.69) is 26.0 Å². The van der Waals surface area contributed by atoms with Crippen LogP contribution in [0, 0.1) is 0 Å². The van der Waals surface area contributed by atoms with Gasteiger partial charge in [0.25, 0.3) is 0 Å². The van der Waals surface area contributed by atoms with Crippen LogP contribution in [-0.2, 0) is 32.7 Å². The van der Waals surface area contributed by atoms with Crippen LogP contribution in [0.25, 0.3) is 0 Å². The second-order valence-corrected chi connectivity index (χ2v) is 20.9. The first-order valence-electron chi connectivity index (χ1n) is 27.5. The molecule has 6 atom stereocenters. The van der Waals surface area contributed by atoms with Gasteiger partial charge in [-0.1, -0.05) is 219 Å². The van der Waals surface area contributed by atoms with E-state index in [0.717, 1.165) is 57.8 Å². The van der Waals surface area contributed by atoms with E-state index in [0.29, 0.717) is 12.8 Å². The topological polar surface area (TPSA) is 210 Å². The molecular formula is C53H101O13P. The molecule has 0 aromatic heterocycles. The van der Waals surface area contributed by atoms with Gasteiger partial charge in [0.15, 0.2) is 6.10 Å². The molecule has 6 N–H and O–H groups in total. The van der Waals surface area contributed by atoms with Crippen molar-refractivity contribution >= 4 is 19.8 Å². The Morgan fingerprint density at radius 1 is 0.448 bits per heavy atom. The van der Waals surface area contributed by atoms with Gasteiger partial charge in [0, 0.05) is 12.8 Å². The van der Waals surface area contributed by atoms with Crippen LogP contribution in [0.15, 0.2) is 12.2 Å². The number of unbranched alkanes of at least 4 members (excludes halogenated alkanes) is 33. The molecule has 1 rings (SSSR count). The number of phosphoric acid groups is 1. The van der Waals surface area contributed by atoms with Crippen LogP contribution in [0.5, 0.6) is 0 Å². The third-order valence-electron chi connectivity index (χ3n) is 13.1. The molecule has 0 aromatic carbocycles. The van der Waals surface area contributed by atoms with Crippen molar-refractivity contribution < 1.29 is 63.1 Å². The van der Waals surface area contributed by atoms with E-state index in [1.165, 1.54) is 161 Å². The van der Waals surface area contributed by atoms with Crippen LogP contribution < -0.4 is 0 Å². The zero-order valence-electron chi connectivity index (χ0n) is 42.5. The number of rotatable bonds is 47. The molecule has 1 aliphatic rings. The van der Waals surface area contributed by atoms with Gasteiger partial charge < -0.3 is 39.9 Å². The number of ether oxygens (including phenoxy) is 2. The van der Waals surface area contributed by atoms with Crippen molar-refractivity contribution in [2.75, 3.05) is 13.2 Å². The van der Waals surface area contributed by atoms with Crippen LogP contribution in [0.4, 0.5) is 0 Å². The number of allylic oxidation sites excluding steroid dienone is 2. The van der Waals surface area contributed by atoms with Crippen LogP contribution in [0.3, 0.4) is 0 Å². The lowest BCUT2D eigenvalue weighted by atomic mass is 9.85. The summed E-state index contributed by atoms with van der Waals surface area (Å²) in [5.41, 5.74) is 0. The van der Waals surface area contributed by atoms with Crippen molar-refractivity contribution in [1.82, 2.24) is 0 Å². The third kappa shape index (κ3) is 35.4. The first-order valence-corrected chi connectivity index (χ1v) is 29.0. The van der Waals surface area contributed by atoms with Crippen LogP contribution in [0.1, 0.15) is 258 Å². The van der Waals surface area contributed by atoms with Crippen molar-refractivity contribution in [3.05, 3.63) is 12.2 Å². The van der Waals surface area contributed by atoms with Crippen LogP contribution in [-0.4, -0.2) is 98.3 Å².